The summed E-state index contributed by atoms with van der Waals surface area (Å²) in [4.78, 5) is 26.9. The van der Waals surface area contributed by atoms with E-state index < -0.39 is 0 Å². The molecule has 1 N–H and O–H groups in total. The fourth-order valence-corrected chi connectivity index (χ4v) is 3.29. The van der Waals surface area contributed by atoms with Crippen molar-refractivity contribution in [2.24, 2.45) is 5.92 Å². The molecule has 1 aliphatic heterocycles. The molecular formula is C17H18N2O2S. The minimum atomic E-state index is -0.122. The van der Waals surface area contributed by atoms with E-state index in [0.717, 1.165) is 21.7 Å². The van der Waals surface area contributed by atoms with Gasteiger partial charge < -0.3 is 10.2 Å². The lowest BCUT2D eigenvalue weighted by Crippen LogP contribution is -2.54. The van der Waals surface area contributed by atoms with Crippen LogP contribution in [0.25, 0.3) is 0 Å². The van der Waals surface area contributed by atoms with Crippen molar-refractivity contribution in [3.8, 4) is 0 Å². The molecule has 2 aromatic rings. The molecule has 0 aliphatic carbocycles. The molecule has 0 saturated carbocycles. The molecule has 3 rings (SSSR count). The number of carbonyl (C=O) groups is 2. The number of anilines is 1. The van der Waals surface area contributed by atoms with Crippen LogP contribution in [0.5, 0.6) is 0 Å². The van der Waals surface area contributed by atoms with E-state index in [1.165, 1.54) is 11.3 Å². The highest BCUT2D eigenvalue weighted by atomic mass is 32.1. The highest BCUT2D eigenvalue weighted by Gasteiger charge is 2.36. The Morgan fingerprint density at radius 2 is 1.82 bits per heavy atom. The normalized spacial score (nSPS) is 14.5. The van der Waals surface area contributed by atoms with Gasteiger partial charge in [-0.1, -0.05) is 24.3 Å². The average Bonchev–Trinajstić information content (AvgIpc) is 2.95. The quantitative estimate of drug-likeness (QED) is 0.946. The minimum absolute atomic E-state index is 0.00682. The van der Waals surface area contributed by atoms with Gasteiger partial charge in [-0.3, -0.25) is 9.59 Å². The number of nitrogens with zero attached hydrogens (tertiary/aromatic N) is 1. The van der Waals surface area contributed by atoms with E-state index in [9.17, 15) is 9.59 Å². The first-order valence-corrected chi connectivity index (χ1v) is 8.14. The SMILES string of the molecule is Cc1cccc(C)c1NC(=O)C1CN(C(=O)c2cccs2)C1. The van der Waals surface area contributed by atoms with Gasteiger partial charge >= 0.3 is 0 Å². The van der Waals surface area contributed by atoms with Crippen LogP contribution in [-0.4, -0.2) is 29.8 Å². The number of benzene rings is 1. The Hall–Kier alpha value is -2.14. The number of carbonyl (C=O) groups excluding carboxylic acids is 2. The molecule has 1 aromatic heterocycles. The van der Waals surface area contributed by atoms with Crippen LogP contribution in [0, 0.1) is 19.8 Å². The number of hydrogen-bond donors (Lipinski definition) is 1. The first-order valence-electron chi connectivity index (χ1n) is 7.26. The summed E-state index contributed by atoms with van der Waals surface area (Å²) in [5.74, 6) is -0.110. The number of likely N-dealkylation sites (tertiary alicyclic amines) is 1. The fourth-order valence-electron chi connectivity index (χ4n) is 2.60. The number of hydrogen-bond acceptors (Lipinski definition) is 3. The third-order valence-electron chi connectivity index (χ3n) is 4.00. The van der Waals surface area contributed by atoms with Crippen LogP contribution in [0.15, 0.2) is 35.7 Å². The molecule has 2 heterocycles. The highest BCUT2D eigenvalue weighted by molar-refractivity contribution is 7.12. The topological polar surface area (TPSA) is 49.4 Å². The van der Waals surface area contributed by atoms with Crippen LogP contribution in [0.1, 0.15) is 20.8 Å². The first-order chi connectivity index (χ1) is 10.6. The van der Waals surface area contributed by atoms with E-state index in [1.807, 2.05) is 49.6 Å². The summed E-state index contributed by atoms with van der Waals surface area (Å²) in [5, 5.41) is 4.89. The van der Waals surface area contributed by atoms with Gasteiger partial charge in [-0.25, -0.2) is 0 Å². The van der Waals surface area contributed by atoms with Gasteiger partial charge in [0.15, 0.2) is 0 Å². The van der Waals surface area contributed by atoms with E-state index in [1.54, 1.807) is 4.90 Å². The fraction of sp³-hybridized carbons (Fsp3) is 0.294. The molecule has 22 heavy (non-hydrogen) atoms. The van der Waals surface area contributed by atoms with Gasteiger partial charge in [0.1, 0.15) is 0 Å². The van der Waals surface area contributed by atoms with Crippen LogP contribution in [-0.2, 0) is 4.79 Å². The van der Waals surface area contributed by atoms with Crippen molar-refractivity contribution < 1.29 is 9.59 Å². The van der Waals surface area contributed by atoms with Gasteiger partial charge in [0.05, 0.1) is 10.8 Å². The number of amides is 2. The number of para-hydroxylation sites is 1. The molecule has 1 aliphatic rings. The summed E-state index contributed by atoms with van der Waals surface area (Å²) in [5.41, 5.74) is 2.99. The maximum Gasteiger partial charge on any atom is 0.263 e. The zero-order chi connectivity index (χ0) is 15.7. The van der Waals surface area contributed by atoms with Crippen molar-refractivity contribution in [1.29, 1.82) is 0 Å². The molecule has 4 nitrogen and oxygen atoms in total. The van der Waals surface area contributed by atoms with E-state index in [4.69, 9.17) is 0 Å². The van der Waals surface area contributed by atoms with E-state index in [-0.39, 0.29) is 17.7 Å². The summed E-state index contributed by atoms with van der Waals surface area (Å²) in [6.45, 7) is 4.95. The lowest BCUT2D eigenvalue weighted by Gasteiger charge is -2.38. The summed E-state index contributed by atoms with van der Waals surface area (Å²) >= 11 is 1.43. The molecular weight excluding hydrogens is 296 g/mol. The van der Waals surface area contributed by atoms with Crippen molar-refractivity contribution in [2.75, 3.05) is 18.4 Å². The zero-order valence-corrected chi connectivity index (χ0v) is 13.4. The second-order valence-corrected chi connectivity index (χ2v) is 6.59. The Morgan fingerprint density at radius 3 is 2.41 bits per heavy atom. The molecule has 1 saturated heterocycles. The first kappa shape index (κ1) is 14.8. The molecule has 0 radical (unpaired) electrons. The Kier molecular flexibility index (Phi) is 3.98. The number of thiophene rings is 1. The molecule has 0 atom stereocenters. The van der Waals surface area contributed by atoms with Crippen LogP contribution < -0.4 is 5.32 Å². The van der Waals surface area contributed by atoms with Crippen molar-refractivity contribution in [1.82, 2.24) is 4.90 Å². The number of nitrogens with one attached hydrogen (secondary N) is 1. The van der Waals surface area contributed by atoms with Crippen molar-refractivity contribution in [3.05, 3.63) is 51.7 Å². The molecule has 5 heteroatoms. The lowest BCUT2D eigenvalue weighted by atomic mass is 9.98. The highest BCUT2D eigenvalue weighted by Crippen LogP contribution is 2.24. The third-order valence-corrected chi connectivity index (χ3v) is 4.86. The Morgan fingerprint density at radius 1 is 1.14 bits per heavy atom. The van der Waals surface area contributed by atoms with E-state index >= 15 is 0 Å². The Labute approximate surface area is 133 Å². The van der Waals surface area contributed by atoms with Crippen LogP contribution in [0.4, 0.5) is 5.69 Å². The van der Waals surface area contributed by atoms with Gasteiger partial charge in [-0.15, -0.1) is 11.3 Å². The standard InChI is InChI=1S/C17H18N2O2S/c1-11-5-3-6-12(2)15(11)18-16(20)13-9-19(10-13)17(21)14-7-4-8-22-14/h3-8,13H,9-10H2,1-2H3,(H,18,20). The van der Waals surface area contributed by atoms with E-state index in [2.05, 4.69) is 5.32 Å². The van der Waals surface area contributed by atoms with Crippen molar-refractivity contribution in [2.45, 2.75) is 13.8 Å². The van der Waals surface area contributed by atoms with Gasteiger partial charge in [0, 0.05) is 18.8 Å². The second kappa shape index (κ2) is 5.93. The molecule has 0 spiro atoms. The average molecular weight is 314 g/mol. The number of aryl methyl sites for hydroxylation is 2. The zero-order valence-electron chi connectivity index (χ0n) is 12.6. The minimum Gasteiger partial charge on any atom is -0.336 e. The van der Waals surface area contributed by atoms with E-state index in [0.29, 0.717) is 13.1 Å². The third kappa shape index (κ3) is 2.76. The summed E-state index contributed by atoms with van der Waals surface area (Å²) in [6.07, 6.45) is 0. The molecule has 1 aromatic carbocycles. The summed E-state index contributed by atoms with van der Waals surface area (Å²) < 4.78 is 0. The van der Waals surface area contributed by atoms with Gasteiger partial charge in [0.2, 0.25) is 5.91 Å². The molecule has 2 amide bonds. The summed E-state index contributed by atoms with van der Waals surface area (Å²) in [6, 6.07) is 9.62. The van der Waals surface area contributed by atoms with Gasteiger partial charge in [-0.2, -0.15) is 0 Å². The largest absolute Gasteiger partial charge is 0.336 e. The van der Waals surface area contributed by atoms with Crippen LogP contribution in [0.3, 0.4) is 0 Å². The van der Waals surface area contributed by atoms with Crippen LogP contribution >= 0.6 is 11.3 Å². The van der Waals surface area contributed by atoms with Crippen LogP contribution in [0.2, 0.25) is 0 Å². The van der Waals surface area contributed by atoms with Crippen molar-refractivity contribution in [3.63, 3.8) is 0 Å². The van der Waals surface area contributed by atoms with Crippen molar-refractivity contribution >= 4 is 28.8 Å². The molecule has 0 unspecified atom stereocenters. The maximum atomic E-state index is 12.3. The lowest BCUT2D eigenvalue weighted by molar-refractivity contribution is -0.123. The number of rotatable bonds is 3. The molecule has 1 fully saturated rings. The molecule has 114 valence electrons. The Balaban J connectivity index is 1.59. The predicted octanol–water partition coefficient (Wildman–Crippen LogP) is 3.08. The van der Waals surface area contributed by atoms with Gasteiger partial charge in [0.25, 0.3) is 5.91 Å². The maximum absolute atomic E-state index is 12.3. The van der Waals surface area contributed by atoms with Gasteiger partial charge in [-0.05, 0) is 36.4 Å². The second-order valence-electron chi connectivity index (χ2n) is 5.64. The smallest absolute Gasteiger partial charge is 0.263 e. The molecule has 0 bridgehead atoms. The predicted molar refractivity (Wildman–Crippen MR) is 88.3 cm³/mol. The Bertz CT molecular complexity index is 683. The monoisotopic (exact) mass is 314 g/mol. The summed E-state index contributed by atoms with van der Waals surface area (Å²) in [7, 11) is 0.